The van der Waals surface area contributed by atoms with Crippen LogP contribution in [-0.4, -0.2) is 19.5 Å². The van der Waals surface area contributed by atoms with Crippen molar-refractivity contribution in [1.82, 2.24) is 0 Å². The molecule has 2 aliphatic carbocycles. The van der Waals surface area contributed by atoms with Crippen LogP contribution in [0.1, 0.15) is 76.2 Å². The highest BCUT2D eigenvalue weighted by atomic mass is 35.5. The third kappa shape index (κ3) is 6.18. The van der Waals surface area contributed by atoms with E-state index in [1.807, 2.05) is 6.07 Å². The third-order valence-corrected chi connectivity index (χ3v) is 8.08. The highest BCUT2D eigenvalue weighted by molar-refractivity contribution is 6.30. The molecular formula is C25H36ClFO2. The molecule has 1 aromatic carbocycles. The van der Waals surface area contributed by atoms with E-state index >= 15 is 0 Å². The Kier molecular flexibility index (Phi) is 7.89. The minimum absolute atomic E-state index is 0.0763. The second-order valence-corrected chi connectivity index (χ2v) is 10.0. The maximum Gasteiger partial charge on any atom is 0.157 e. The van der Waals surface area contributed by atoms with Crippen LogP contribution in [0.4, 0.5) is 4.39 Å². The van der Waals surface area contributed by atoms with Crippen LogP contribution < -0.4 is 0 Å². The van der Waals surface area contributed by atoms with Crippen molar-refractivity contribution in [2.45, 2.75) is 83.3 Å². The Hall–Kier alpha value is -0.640. The summed E-state index contributed by atoms with van der Waals surface area (Å²) in [7, 11) is 0. The summed E-state index contributed by atoms with van der Waals surface area (Å²) in [4.78, 5) is 0. The Bertz CT molecular complexity index is 630. The highest BCUT2D eigenvalue weighted by Gasteiger charge is 2.31. The fraction of sp³-hybridized carbons (Fsp3) is 0.760. The van der Waals surface area contributed by atoms with Gasteiger partial charge in [0.25, 0.3) is 0 Å². The standard InChI is InChI=1S/C25H36ClFO2/c26-23-13-7-20(17-24(23)27)2-1-18-3-9-21(10-4-18)22-11-5-19(6-12-22)8-14-25-28-15-16-29-25/h7,13,17-19,21-22,25H,1-6,8-12,14-16H2/t18-,19-,21-,22-. The Balaban J connectivity index is 1.12. The van der Waals surface area contributed by atoms with Gasteiger partial charge in [0.05, 0.1) is 18.2 Å². The monoisotopic (exact) mass is 422 g/mol. The summed E-state index contributed by atoms with van der Waals surface area (Å²) < 4.78 is 24.8. The third-order valence-electron chi connectivity index (χ3n) is 7.78. The molecule has 0 atom stereocenters. The molecule has 3 fully saturated rings. The molecule has 162 valence electrons. The number of aryl methyl sites for hydroxylation is 1. The average molecular weight is 423 g/mol. The van der Waals surface area contributed by atoms with E-state index in [0.717, 1.165) is 55.3 Å². The summed E-state index contributed by atoms with van der Waals surface area (Å²) in [5.41, 5.74) is 1.08. The first-order chi connectivity index (χ1) is 14.2. The van der Waals surface area contributed by atoms with E-state index in [-0.39, 0.29) is 17.1 Å². The quantitative estimate of drug-likeness (QED) is 0.463. The lowest BCUT2D eigenvalue weighted by molar-refractivity contribution is -0.0514. The second kappa shape index (κ2) is 10.6. The lowest BCUT2D eigenvalue weighted by atomic mass is 9.68. The van der Waals surface area contributed by atoms with Crippen LogP contribution in [0.15, 0.2) is 18.2 Å². The molecule has 4 heteroatoms. The first-order valence-electron chi connectivity index (χ1n) is 11.8. The average Bonchev–Trinajstić information content (AvgIpc) is 3.28. The molecule has 2 nitrogen and oxygen atoms in total. The highest BCUT2D eigenvalue weighted by Crippen LogP contribution is 2.43. The summed E-state index contributed by atoms with van der Waals surface area (Å²) in [6.07, 6.45) is 15.8. The van der Waals surface area contributed by atoms with E-state index < -0.39 is 0 Å². The molecule has 1 aliphatic heterocycles. The van der Waals surface area contributed by atoms with Crippen LogP contribution in [-0.2, 0) is 15.9 Å². The van der Waals surface area contributed by atoms with Crippen LogP contribution in [0.5, 0.6) is 0 Å². The van der Waals surface area contributed by atoms with E-state index in [9.17, 15) is 4.39 Å². The number of ether oxygens (including phenoxy) is 2. The van der Waals surface area contributed by atoms with Gasteiger partial charge in [-0.05, 0) is 92.7 Å². The van der Waals surface area contributed by atoms with E-state index in [1.54, 1.807) is 12.1 Å². The minimum atomic E-state index is -0.285. The van der Waals surface area contributed by atoms with Gasteiger partial charge in [-0.1, -0.05) is 43.4 Å². The van der Waals surface area contributed by atoms with Crippen LogP contribution in [0.2, 0.25) is 5.02 Å². The first kappa shape index (κ1) is 21.6. The predicted molar refractivity (Wildman–Crippen MR) is 116 cm³/mol. The van der Waals surface area contributed by atoms with Crippen molar-refractivity contribution in [2.24, 2.45) is 23.7 Å². The van der Waals surface area contributed by atoms with Gasteiger partial charge in [-0.3, -0.25) is 0 Å². The van der Waals surface area contributed by atoms with Gasteiger partial charge >= 0.3 is 0 Å². The Morgan fingerprint density at radius 3 is 1.97 bits per heavy atom. The van der Waals surface area contributed by atoms with Crippen molar-refractivity contribution in [3.63, 3.8) is 0 Å². The van der Waals surface area contributed by atoms with Crippen molar-refractivity contribution in [3.05, 3.63) is 34.6 Å². The topological polar surface area (TPSA) is 18.5 Å². The summed E-state index contributed by atoms with van der Waals surface area (Å²) in [5.74, 6) is 3.31. The van der Waals surface area contributed by atoms with Crippen molar-refractivity contribution in [1.29, 1.82) is 0 Å². The normalized spacial score (nSPS) is 31.2. The summed E-state index contributed by atoms with van der Waals surface area (Å²) >= 11 is 5.79. The summed E-state index contributed by atoms with van der Waals surface area (Å²) in [6, 6.07) is 5.27. The van der Waals surface area contributed by atoms with Gasteiger partial charge in [0.1, 0.15) is 5.82 Å². The van der Waals surface area contributed by atoms with E-state index in [2.05, 4.69) is 0 Å². The van der Waals surface area contributed by atoms with Gasteiger partial charge in [-0.15, -0.1) is 0 Å². The van der Waals surface area contributed by atoms with Gasteiger partial charge in [-0.2, -0.15) is 0 Å². The van der Waals surface area contributed by atoms with Crippen molar-refractivity contribution in [2.75, 3.05) is 13.2 Å². The van der Waals surface area contributed by atoms with Crippen LogP contribution in [0, 0.1) is 29.5 Å². The predicted octanol–water partition coefficient (Wildman–Crippen LogP) is 7.18. The lowest BCUT2D eigenvalue weighted by Gasteiger charge is -2.38. The SMILES string of the molecule is Fc1cc(CC[C@H]2CC[C@H]([C@H]3CC[C@H](CCC4OCCO4)CC3)CC2)ccc1Cl. The zero-order valence-electron chi connectivity index (χ0n) is 17.6. The van der Waals surface area contributed by atoms with E-state index in [0.29, 0.717) is 0 Å². The smallest absolute Gasteiger partial charge is 0.157 e. The molecule has 1 heterocycles. The molecule has 1 saturated heterocycles. The molecule has 0 amide bonds. The fourth-order valence-corrected chi connectivity index (χ4v) is 6.03. The Labute approximate surface area is 180 Å². The van der Waals surface area contributed by atoms with Gasteiger partial charge in [-0.25, -0.2) is 4.39 Å². The van der Waals surface area contributed by atoms with Gasteiger partial charge in [0.15, 0.2) is 6.29 Å². The summed E-state index contributed by atoms with van der Waals surface area (Å²) in [6.45, 7) is 1.55. The fourth-order valence-electron chi connectivity index (χ4n) is 5.91. The molecule has 29 heavy (non-hydrogen) atoms. The molecule has 0 unspecified atom stereocenters. The largest absolute Gasteiger partial charge is 0.350 e. The Morgan fingerprint density at radius 1 is 0.793 bits per heavy atom. The molecule has 4 rings (SSSR count). The number of hydrogen-bond acceptors (Lipinski definition) is 2. The minimum Gasteiger partial charge on any atom is -0.350 e. The lowest BCUT2D eigenvalue weighted by Crippen LogP contribution is -2.26. The maximum atomic E-state index is 13.6. The summed E-state index contributed by atoms with van der Waals surface area (Å²) in [5, 5.41) is 0.226. The van der Waals surface area contributed by atoms with Gasteiger partial charge < -0.3 is 9.47 Å². The molecule has 0 spiro atoms. The number of benzene rings is 1. The molecular weight excluding hydrogens is 387 g/mol. The van der Waals surface area contributed by atoms with Crippen LogP contribution >= 0.6 is 11.6 Å². The van der Waals surface area contributed by atoms with Crippen molar-refractivity contribution in [3.8, 4) is 0 Å². The molecule has 0 N–H and O–H groups in total. The molecule has 0 radical (unpaired) electrons. The van der Waals surface area contributed by atoms with Crippen LogP contribution in [0.25, 0.3) is 0 Å². The number of halogens is 2. The molecule has 2 saturated carbocycles. The van der Waals surface area contributed by atoms with Crippen LogP contribution in [0.3, 0.4) is 0 Å². The molecule has 3 aliphatic rings. The van der Waals surface area contributed by atoms with Gasteiger partial charge in [0.2, 0.25) is 0 Å². The molecule has 0 bridgehead atoms. The van der Waals surface area contributed by atoms with E-state index in [4.69, 9.17) is 21.1 Å². The molecule has 1 aromatic rings. The first-order valence-corrected chi connectivity index (χ1v) is 12.2. The Morgan fingerprint density at radius 2 is 1.38 bits per heavy atom. The van der Waals surface area contributed by atoms with Gasteiger partial charge in [0, 0.05) is 0 Å². The maximum absolute atomic E-state index is 13.6. The van der Waals surface area contributed by atoms with Crippen molar-refractivity contribution < 1.29 is 13.9 Å². The number of rotatable bonds is 7. The molecule has 0 aromatic heterocycles. The zero-order valence-corrected chi connectivity index (χ0v) is 18.3. The second-order valence-electron chi connectivity index (χ2n) is 9.60. The van der Waals surface area contributed by atoms with Crippen molar-refractivity contribution >= 4 is 11.6 Å². The number of hydrogen-bond donors (Lipinski definition) is 0. The van der Waals surface area contributed by atoms with E-state index in [1.165, 1.54) is 64.2 Å². The zero-order chi connectivity index (χ0) is 20.1.